The standard InChI is InChI=1S/C15H16BrClOS/c1-3-10-7-8-19-15(10)14(17)11-5-6-13(18-4-2)12(16)9-11/h5-9,14H,3-4H2,1-2H3. The first-order valence-electron chi connectivity index (χ1n) is 6.29. The first-order valence-corrected chi connectivity index (χ1v) is 8.40. The lowest BCUT2D eigenvalue weighted by Crippen LogP contribution is -1.97. The topological polar surface area (TPSA) is 9.23 Å². The smallest absolute Gasteiger partial charge is 0.133 e. The van der Waals surface area contributed by atoms with Crippen molar-refractivity contribution in [3.63, 3.8) is 0 Å². The predicted molar refractivity (Wildman–Crippen MR) is 86.7 cm³/mol. The second kappa shape index (κ2) is 6.78. The van der Waals surface area contributed by atoms with Crippen molar-refractivity contribution in [2.45, 2.75) is 25.6 Å². The average Bonchev–Trinajstić information content (AvgIpc) is 2.88. The lowest BCUT2D eigenvalue weighted by atomic mass is 10.1. The van der Waals surface area contributed by atoms with E-state index < -0.39 is 0 Å². The highest BCUT2D eigenvalue weighted by atomic mass is 79.9. The Bertz CT molecular complexity index is 553. The Kier molecular flexibility index (Phi) is 5.31. The van der Waals surface area contributed by atoms with Gasteiger partial charge in [0.25, 0.3) is 0 Å². The van der Waals surface area contributed by atoms with Crippen molar-refractivity contribution in [3.8, 4) is 5.75 Å². The lowest BCUT2D eigenvalue weighted by Gasteiger charge is -2.13. The summed E-state index contributed by atoms with van der Waals surface area (Å²) in [5, 5.41) is 2.01. The minimum absolute atomic E-state index is 0.0954. The van der Waals surface area contributed by atoms with Crippen LogP contribution in [0, 0.1) is 0 Å². The van der Waals surface area contributed by atoms with Crippen LogP contribution in [-0.4, -0.2) is 6.61 Å². The Hall–Kier alpha value is -0.510. The molecule has 4 heteroatoms. The van der Waals surface area contributed by atoms with Crippen LogP contribution in [0.1, 0.15) is 35.2 Å². The fourth-order valence-electron chi connectivity index (χ4n) is 1.96. The molecule has 1 aromatic heterocycles. The van der Waals surface area contributed by atoms with Gasteiger partial charge in [-0.25, -0.2) is 0 Å². The zero-order chi connectivity index (χ0) is 13.8. The van der Waals surface area contributed by atoms with Gasteiger partial charge in [0.1, 0.15) is 5.75 Å². The van der Waals surface area contributed by atoms with E-state index in [1.807, 2.05) is 25.1 Å². The highest BCUT2D eigenvalue weighted by Crippen LogP contribution is 2.38. The fourth-order valence-corrected chi connectivity index (χ4v) is 3.90. The van der Waals surface area contributed by atoms with Gasteiger partial charge in [-0.15, -0.1) is 22.9 Å². The van der Waals surface area contributed by atoms with Gasteiger partial charge >= 0.3 is 0 Å². The van der Waals surface area contributed by atoms with E-state index >= 15 is 0 Å². The molecule has 102 valence electrons. The molecule has 19 heavy (non-hydrogen) atoms. The van der Waals surface area contributed by atoms with Crippen molar-refractivity contribution in [2.75, 3.05) is 6.61 Å². The Morgan fingerprint density at radius 3 is 2.74 bits per heavy atom. The maximum atomic E-state index is 6.61. The maximum Gasteiger partial charge on any atom is 0.133 e. The van der Waals surface area contributed by atoms with Gasteiger partial charge in [0.05, 0.1) is 16.5 Å². The summed E-state index contributed by atoms with van der Waals surface area (Å²) in [7, 11) is 0. The minimum Gasteiger partial charge on any atom is -0.493 e. The lowest BCUT2D eigenvalue weighted by molar-refractivity contribution is 0.338. The number of hydrogen-bond donors (Lipinski definition) is 0. The van der Waals surface area contributed by atoms with Crippen LogP contribution in [0.4, 0.5) is 0 Å². The molecule has 0 bridgehead atoms. The summed E-state index contributed by atoms with van der Waals surface area (Å²) in [6, 6.07) is 8.20. The van der Waals surface area contributed by atoms with Gasteiger partial charge in [0, 0.05) is 4.88 Å². The molecule has 0 amide bonds. The fraction of sp³-hybridized carbons (Fsp3) is 0.333. The van der Waals surface area contributed by atoms with E-state index in [0.29, 0.717) is 6.61 Å². The first kappa shape index (κ1) is 14.9. The minimum atomic E-state index is -0.0954. The Morgan fingerprint density at radius 1 is 1.32 bits per heavy atom. The van der Waals surface area contributed by atoms with Crippen LogP contribution in [-0.2, 0) is 6.42 Å². The summed E-state index contributed by atoms with van der Waals surface area (Å²) in [5.74, 6) is 0.858. The molecule has 0 radical (unpaired) electrons. The van der Waals surface area contributed by atoms with Gasteiger partial charge in [-0.1, -0.05) is 13.0 Å². The first-order chi connectivity index (χ1) is 9.17. The van der Waals surface area contributed by atoms with Crippen LogP contribution < -0.4 is 4.74 Å². The quantitative estimate of drug-likeness (QED) is 0.613. The van der Waals surface area contributed by atoms with Crippen molar-refractivity contribution >= 4 is 38.9 Å². The zero-order valence-corrected chi connectivity index (χ0v) is 14.1. The van der Waals surface area contributed by atoms with Gasteiger partial charge in [0.15, 0.2) is 0 Å². The molecule has 0 fully saturated rings. The second-order valence-electron chi connectivity index (χ2n) is 4.15. The highest BCUT2D eigenvalue weighted by molar-refractivity contribution is 9.10. The van der Waals surface area contributed by atoms with Crippen molar-refractivity contribution < 1.29 is 4.74 Å². The summed E-state index contributed by atoms with van der Waals surface area (Å²) < 4.78 is 6.47. The molecular formula is C15H16BrClOS. The largest absolute Gasteiger partial charge is 0.493 e. The molecule has 1 unspecified atom stereocenters. The maximum absolute atomic E-state index is 6.61. The molecule has 1 heterocycles. The van der Waals surface area contributed by atoms with E-state index in [1.165, 1.54) is 10.4 Å². The van der Waals surface area contributed by atoms with Gasteiger partial charge < -0.3 is 4.74 Å². The number of rotatable bonds is 5. The molecule has 0 aliphatic heterocycles. The van der Waals surface area contributed by atoms with E-state index in [9.17, 15) is 0 Å². The molecule has 0 saturated heterocycles. The normalized spacial score (nSPS) is 12.4. The monoisotopic (exact) mass is 358 g/mol. The van der Waals surface area contributed by atoms with Crippen LogP contribution in [0.25, 0.3) is 0 Å². The van der Waals surface area contributed by atoms with Crippen molar-refractivity contribution in [2.24, 2.45) is 0 Å². The number of ether oxygens (including phenoxy) is 1. The Balaban J connectivity index is 2.29. The van der Waals surface area contributed by atoms with Crippen LogP contribution in [0.15, 0.2) is 34.1 Å². The zero-order valence-electron chi connectivity index (χ0n) is 11.0. The van der Waals surface area contributed by atoms with Crippen LogP contribution in [0.5, 0.6) is 5.75 Å². The number of alkyl halides is 1. The summed E-state index contributed by atoms with van der Waals surface area (Å²) in [6.45, 7) is 4.79. The van der Waals surface area contributed by atoms with Crippen molar-refractivity contribution in [1.82, 2.24) is 0 Å². The number of benzene rings is 1. The van der Waals surface area contributed by atoms with Gasteiger partial charge in [-0.05, 0) is 64.0 Å². The third-order valence-electron chi connectivity index (χ3n) is 2.94. The second-order valence-corrected chi connectivity index (χ2v) is 6.39. The molecule has 2 rings (SSSR count). The van der Waals surface area contributed by atoms with E-state index in [4.69, 9.17) is 16.3 Å². The molecule has 1 nitrogen and oxygen atoms in total. The summed E-state index contributed by atoms with van der Waals surface area (Å²) in [5.41, 5.74) is 2.42. The highest BCUT2D eigenvalue weighted by Gasteiger charge is 2.16. The summed E-state index contributed by atoms with van der Waals surface area (Å²) >= 11 is 11.9. The molecule has 1 aromatic carbocycles. The summed E-state index contributed by atoms with van der Waals surface area (Å²) in [4.78, 5) is 1.24. The molecule has 0 N–H and O–H groups in total. The van der Waals surface area contributed by atoms with Crippen LogP contribution >= 0.6 is 38.9 Å². The number of halogens is 2. The van der Waals surface area contributed by atoms with E-state index in [1.54, 1.807) is 11.3 Å². The van der Waals surface area contributed by atoms with Crippen molar-refractivity contribution in [3.05, 3.63) is 50.1 Å². The third kappa shape index (κ3) is 3.33. The molecule has 2 aromatic rings. The van der Waals surface area contributed by atoms with E-state index in [2.05, 4.69) is 34.3 Å². The molecule has 0 aliphatic rings. The van der Waals surface area contributed by atoms with Crippen LogP contribution in [0.2, 0.25) is 0 Å². The third-order valence-corrected chi connectivity index (χ3v) is 5.18. The van der Waals surface area contributed by atoms with Gasteiger partial charge in [-0.3, -0.25) is 0 Å². The van der Waals surface area contributed by atoms with Crippen molar-refractivity contribution in [1.29, 1.82) is 0 Å². The molecular weight excluding hydrogens is 344 g/mol. The number of aryl methyl sites for hydroxylation is 1. The van der Waals surface area contributed by atoms with Crippen LogP contribution in [0.3, 0.4) is 0 Å². The Labute approximate surface area is 131 Å². The average molecular weight is 360 g/mol. The van der Waals surface area contributed by atoms with Gasteiger partial charge in [0.2, 0.25) is 0 Å². The number of thiophene rings is 1. The van der Waals surface area contributed by atoms with E-state index in [-0.39, 0.29) is 5.38 Å². The molecule has 1 atom stereocenters. The summed E-state index contributed by atoms with van der Waals surface area (Å²) in [6.07, 6.45) is 1.01. The predicted octanol–water partition coefficient (Wildman–Crippen LogP) is 5.80. The molecule has 0 saturated carbocycles. The van der Waals surface area contributed by atoms with Gasteiger partial charge in [-0.2, -0.15) is 0 Å². The molecule has 0 spiro atoms. The Morgan fingerprint density at radius 2 is 2.11 bits per heavy atom. The molecule has 0 aliphatic carbocycles. The SMILES string of the molecule is CCOc1ccc(C(Cl)c2sccc2CC)cc1Br. The number of hydrogen-bond acceptors (Lipinski definition) is 2. The van der Waals surface area contributed by atoms with E-state index in [0.717, 1.165) is 22.2 Å².